The lowest BCUT2D eigenvalue weighted by Crippen LogP contribution is -2.27. The van der Waals surface area contributed by atoms with Crippen molar-refractivity contribution in [2.75, 3.05) is 12.4 Å². The van der Waals surface area contributed by atoms with Crippen LogP contribution in [0, 0.1) is 22.0 Å². The van der Waals surface area contributed by atoms with Gasteiger partial charge in [0.15, 0.2) is 6.10 Å². The van der Waals surface area contributed by atoms with Gasteiger partial charge in [0.2, 0.25) is 0 Å². The fraction of sp³-hybridized carbons (Fsp3) is 0.273. The second kappa shape index (κ2) is 10.1. The fourth-order valence-corrected chi connectivity index (χ4v) is 2.39. The first kappa shape index (κ1) is 23.2. The molecule has 1 amide bonds. The largest absolute Gasteiger partial charge is 0.509 e. The number of carbonyl (C=O) groups excluding carboxylic acids is 2. The third-order valence-corrected chi connectivity index (χ3v) is 3.66. The summed E-state index contributed by atoms with van der Waals surface area (Å²) in [6.07, 6.45) is -2.95. The number of nitrogens with zero attached hydrogens (tertiary/aromatic N) is 1. The number of nitro benzene ring substituents is 1. The molecule has 1 atom stereocenters. The lowest BCUT2D eigenvalue weighted by atomic mass is 10.1. The summed E-state index contributed by atoms with van der Waals surface area (Å²) >= 11 is 0. The highest BCUT2D eigenvalue weighted by Gasteiger charge is 2.23. The molecule has 0 fully saturated rings. The quantitative estimate of drug-likeness (QED) is 0.322. The molecule has 2 aromatic rings. The number of anilines is 1. The van der Waals surface area contributed by atoms with E-state index in [1.807, 2.05) is 6.07 Å². The number of hydrogen-bond acceptors (Lipinski definition) is 7. The molecular formula is C22H22N2O7. The first-order valence-corrected chi connectivity index (χ1v) is 9.18. The summed E-state index contributed by atoms with van der Waals surface area (Å²) in [6, 6.07) is 12.8. The van der Waals surface area contributed by atoms with E-state index in [9.17, 15) is 19.7 Å². The molecule has 31 heavy (non-hydrogen) atoms. The van der Waals surface area contributed by atoms with Crippen molar-refractivity contribution in [3.63, 3.8) is 0 Å². The average molecular weight is 426 g/mol. The van der Waals surface area contributed by atoms with Crippen LogP contribution in [0.15, 0.2) is 48.5 Å². The number of nitrogens with one attached hydrogen (secondary N) is 1. The van der Waals surface area contributed by atoms with Gasteiger partial charge in [0, 0.05) is 17.2 Å². The Balaban J connectivity index is 2.43. The first-order valence-electron chi connectivity index (χ1n) is 9.18. The lowest BCUT2D eigenvalue weighted by molar-refractivity contribution is -0.383. The van der Waals surface area contributed by atoms with E-state index in [1.165, 1.54) is 18.2 Å². The van der Waals surface area contributed by atoms with E-state index < -0.39 is 28.9 Å². The van der Waals surface area contributed by atoms with Crippen molar-refractivity contribution in [2.24, 2.45) is 0 Å². The summed E-state index contributed by atoms with van der Waals surface area (Å²) in [7, 11) is 1.15. The van der Waals surface area contributed by atoms with E-state index in [4.69, 9.17) is 9.47 Å². The van der Waals surface area contributed by atoms with Gasteiger partial charge in [0.1, 0.15) is 11.3 Å². The van der Waals surface area contributed by atoms with Crippen molar-refractivity contribution >= 4 is 23.6 Å². The number of methoxy groups -OCH3 is 1. The molecule has 0 aromatic heterocycles. The van der Waals surface area contributed by atoms with Gasteiger partial charge in [-0.05, 0) is 51.0 Å². The van der Waals surface area contributed by atoms with Crippen LogP contribution in [-0.2, 0) is 14.2 Å². The molecule has 0 saturated carbocycles. The zero-order chi connectivity index (χ0) is 23.0. The Kier molecular flexibility index (Phi) is 7.58. The molecule has 0 bridgehead atoms. The Morgan fingerprint density at radius 1 is 1.13 bits per heavy atom. The lowest BCUT2D eigenvalue weighted by Gasteiger charge is -2.20. The molecular weight excluding hydrogens is 404 g/mol. The number of hydrogen-bond donors (Lipinski definition) is 1. The van der Waals surface area contributed by atoms with E-state index in [-0.39, 0.29) is 11.4 Å². The van der Waals surface area contributed by atoms with Crippen molar-refractivity contribution in [3.05, 3.63) is 69.8 Å². The smallest absolute Gasteiger partial charge is 0.444 e. The van der Waals surface area contributed by atoms with Crippen LogP contribution in [0.25, 0.3) is 0 Å². The Hall–Kier alpha value is -4.06. The Morgan fingerprint density at radius 3 is 2.39 bits per heavy atom. The van der Waals surface area contributed by atoms with Gasteiger partial charge in [-0.15, -0.1) is 0 Å². The third kappa shape index (κ3) is 7.36. The van der Waals surface area contributed by atoms with Crippen LogP contribution in [0.3, 0.4) is 0 Å². The van der Waals surface area contributed by atoms with Crippen LogP contribution >= 0.6 is 0 Å². The van der Waals surface area contributed by atoms with Gasteiger partial charge in [-0.25, -0.2) is 9.59 Å². The molecule has 2 aromatic carbocycles. The maximum absolute atomic E-state index is 12.1. The topological polar surface area (TPSA) is 117 Å². The minimum atomic E-state index is -1.10. The molecule has 9 nitrogen and oxygen atoms in total. The van der Waals surface area contributed by atoms with Crippen LogP contribution < -0.4 is 5.32 Å². The summed E-state index contributed by atoms with van der Waals surface area (Å²) in [6.45, 7) is 4.99. The number of ether oxygens (including phenoxy) is 3. The zero-order valence-corrected chi connectivity index (χ0v) is 17.5. The van der Waals surface area contributed by atoms with Gasteiger partial charge >= 0.3 is 12.2 Å². The summed E-state index contributed by atoms with van der Waals surface area (Å²) in [4.78, 5) is 34.6. The third-order valence-electron chi connectivity index (χ3n) is 3.66. The molecule has 0 aliphatic rings. The van der Waals surface area contributed by atoms with Gasteiger partial charge in [-0.1, -0.05) is 24.1 Å². The highest BCUT2D eigenvalue weighted by Crippen LogP contribution is 2.30. The second-order valence-electron chi connectivity index (χ2n) is 7.25. The van der Waals surface area contributed by atoms with Gasteiger partial charge < -0.3 is 14.2 Å². The molecule has 0 saturated heterocycles. The molecule has 0 heterocycles. The van der Waals surface area contributed by atoms with E-state index in [0.29, 0.717) is 11.1 Å². The van der Waals surface area contributed by atoms with Crippen molar-refractivity contribution in [1.82, 2.24) is 0 Å². The van der Waals surface area contributed by atoms with Crippen molar-refractivity contribution in [1.29, 1.82) is 0 Å². The average Bonchev–Trinajstić information content (AvgIpc) is 2.69. The number of benzene rings is 2. The first-order chi connectivity index (χ1) is 14.6. The summed E-state index contributed by atoms with van der Waals surface area (Å²) < 4.78 is 14.9. The van der Waals surface area contributed by atoms with Gasteiger partial charge in [0.25, 0.3) is 5.69 Å². The molecule has 162 valence electrons. The predicted octanol–water partition coefficient (Wildman–Crippen LogP) is 4.82. The van der Waals surface area contributed by atoms with E-state index in [0.717, 1.165) is 7.11 Å². The Morgan fingerprint density at radius 2 is 1.81 bits per heavy atom. The molecule has 0 aliphatic heterocycles. The normalized spacial score (nSPS) is 11.4. The number of nitro groups is 1. The second-order valence-corrected chi connectivity index (χ2v) is 7.25. The van der Waals surface area contributed by atoms with Crippen molar-refractivity contribution in [2.45, 2.75) is 32.5 Å². The van der Waals surface area contributed by atoms with E-state index in [2.05, 4.69) is 21.9 Å². The maximum atomic E-state index is 12.1. The summed E-state index contributed by atoms with van der Waals surface area (Å²) in [5, 5.41) is 13.7. The summed E-state index contributed by atoms with van der Waals surface area (Å²) in [5.74, 6) is 5.67. The maximum Gasteiger partial charge on any atom is 0.509 e. The highest BCUT2D eigenvalue weighted by atomic mass is 16.7. The molecule has 0 spiro atoms. The molecule has 2 rings (SSSR count). The van der Waals surface area contributed by atoms with Crippen LogP contribution in [0.5, 0.6) is 0 Å². The molecule has 0 radical (unpaired) electrons. The molecule has 9 heteroatoms. The Bertz CT molecular complexity index is 1020. The van der Waals surface area contributed by atoms with Crippen molar-refractivity contribution in [3.8, 4) is 11.8 Å². The van der Waals surface area contributed by atoms with Crippen LogP contribution in [-0.4, -0.2) is 29.9 Å². The highest BCUT2D eigenvalue weighted by molar-refractivity contribution is 5.88. The SMILES string of the molecule is COC(=O)OC(C#Cc1ccccc1)c1ccc([N+](=O)[O-])c(NC(=O)OC(C)(C)C)c1. The number of carbonyl (C=O) groups is 2. The minimum Gasteiger partial charge on any atom is -0.444 e. The van der Waals surface area contributed by atoms with Crippen LogP contribution in [0.1, 0.15) is 38.0 Å². The van der Waals surface area contributed by atoms with Gasteiger partial charge in [-0.3, -0.25) is 15.4 Å². The monoisotopic (exact) mass is 426 g/mol. The summed E-state index contributed by atoms with van der Waals surface area (Å²) in [5.41, 5.74) is -0.312. The molecule has 0 aliphatic carbocycles. The standard InChI is InChI=1S/C22H22N2O7/c1-22(2,3)31-20(25)23-17-14-16(11-12-18(17)24(27)28)19(30-21(26)29-4)13-10-15-8-6-5-7-9-15/h5-9,11-12,14,19H,1-4H3,(H,23,25). The van der Waals surface area contributed by atoms with Gasteiger partial charge in [0.05, 0.1) is 12.0 Å². The Labute approximate surface area is 179 Å². The molecule has 1 N–H and O–H groups in total. The van der Waals surface area contributed by atoms with Crippen LogP contribution in [0.4, 0.5) is 21.0 Å². The molecule has 1 unspecified atom stereocenters. The van der Waals surface area contributed by atoms with Crippen LogP contribution in [0.2, 0.25) is 0 Å². The number of amides is 1. The zero-order valence-electron chi connectivity index (χ0n) is 17.5. The van der Waals surface area contributed by atoms with Gasteiger partial charge in [-0.2, -0.15) is 0 Å². The van der Waals surface area contributed by atoms with E-state index in [1.54, 1.807) is 45.0 Å². The minimum absolute atomic E-state index is 0.128. The predicted molar refractivity (Wildman–Crippen MR) is 113 cm³/mol. The van der Waals surface area contributed by atoms with E-state index >= 15 is 0 Å². The number of rotatable bonds is 4. The van der Waals surface area contributed by atoms with Crippen molar-refractivity contribution < 1.29 is 28.7 Å². The fourth-order valence-electron chi connectivity index (χ4n) is 2.39.